The SMILES string of the molecule is COC(=O)C1CCN(c2ncnc(N3CCCCCC3)c2[N+](=O)[O-])CC1. The molecular formula is C17H25N5O4. The Balaban J connectivity index is 1.84. The number of piperidine rings is 1. The highest BCUT2D eigenvalue weighted by Gasteiger charge is 2.33. The maximum Gasteiger partial charge on any atom is 0.353 e. The normalized spacial score (nSPS) is 19.1. The van der Waals surface area contributed by atoms with Gasteiger partial charge in [-0.25, -0.2) is 9.97 Å². The zero-order chi connectivity index (χ0) is 18.5. The summed E-state index contributed by atoms with van der Waals surface area (Å²) in [5, 5.41) is 11.8. The molecule has 9 heteroatoms. The van der Waals surface area contributed by atoms with E-state index < -0.39 is 0 Å². The molecule has 26 heavy (non-hydrogen) atoms. The third kappa shape index (κ3) is 3.86. The molecule has 1 aromatic heterocycles. The summed E-state index contributed by atoms with van der Waals surface area (Å²) in [6.45, 7) is 2.64. The first-order valence-electron chi connectivity index (χ1n) is 9.19. The molecule has 142 valence electrons. The fraction of sp³-hybridized carbons (Fsp3) is 0.706. The van der Waals surface area contributed by atoms with Crippen molar-refractivity contribution >= 4 is 23.3 Å². The molecule has 0 saturated carbocycles. The van der Waals surface area contributed by atoms with Crippen LogP contribution in [0.1, 0.15) is 38.5 Å². The number of rotatable bonds is 4. The summed E-state index contributed by atoms with van der Waals surface area (Å²) in [5.41, 5.74) is -0.0223. The number of esters is 1. The minimum absolute atomic E-state index is 0.0223. The van der Waals surface area contributed by atoms with Gasteiger partial charge in [0.1, 0.15) is 6.33 Å². The van der Waals surface area contributed by atoms with Crippen LogP contribution in [0.2, 0.25) is 0 Å². The lowest BCUT2D eigenvalue weighted by atomic mass is 9.97. The molecule has 2 aliphatic heterocycles. The third-order valence-electron chi connectivity index (χ3n) is 5.20. The van der Waals surface area contributed by atoms with Crippen LogP contribution in [0.5, 0.6) is 0 Å². The van der Waals surface area contributed by atoms with E-state index in [-0.39, 0.29) is 22.5 Å². The Labute approximate surface area is 152 Å². The van der Waals surface area contributed by atoms with Crippen LogP contribution in [0.3, 0.4) is 0 Å². The summed E-state index contributed by atoms with van der Waals surface area (Å²) in [4.78, 5) is 35.5. The van der Waals surface area contributed by atoms with Crippen molar-refractivity contribution in [3.05, 3.63) is 16.4 Å². The number of carbonyl (C=O) groups excluding carboxylic acids is 1. The van der Waals surface area contributed by atoms with E-state index >= 15 is 0 Å². The van der Waals surface area contributed by atoms with Gasteiger partial charge in [-0.1, -0.05) is 12.8 Å². The summed E-state index contributed by atoms with van der Waals surface area (Å²) >= 11 is 0. The zero-order valence-electron chi connectivity index (χ0n) is 15.1. The summed E-state index contributed by atoms with van der Waals surface area (Å²) in [5.74, 6) is 0.402. The Morgan fingerprint density at radius 1 is 1.08 bits per heavy atom. The van der Waals surface area contributed by atoms with Crippen LogP contribution in [-0.2, 0) is 9.53 Å². The van der Waals surface area contributed by atoms with Crippen molar-refractivity contribution in [3.63, 3.8) is 0 Å². The van der Waals surface area contributed by atoms with E-state index in [9.17, 15) is 14.9 Å². The Morgan fingerprint density at radius 3 is 2.12 bits per heavy atom. The quantitative estimate of drug-likeness (QED) is 0.455. The Morgan fingerprint density at radius 2 is 1.62 bits per heavy atom. The van der Waals surface area contributed by atoms with Gasteiger partial charge in [-0.2, -0.15) is 0 Å². The van der Waals surface area contributed by atoms with Crippen molar-refractivity contribution in [2.45, 2.75) is 38.5 Å². The molecule has 0 atom stereocenters. The van der Waals surface area contributed by atoms with Gasteiger partial charge in [0.2, 0.25) is 11.6 Å². The molecule has 0 unspecified atom stereocenters. The molecule has 0 spiro atoms. The van der Waals surface area contributed by atoms with Crippen LogP contribution >= 0.6 is 0 Å². The number of hydrogen-bond acceptors (Lipinski definition) is 8. The molecule has 2 saturated heterocycles. The molecule has 2 fully saturated rings. The fourth-order valence-electron chi connectivity index (χ4n) is 3.76. The maximum atomic E-state index is 11.8. The number of hydrogen-bond donors (Lipinski definition) is 0. The summed E-state index contributed by atoms with van der Waals surface area (Å²) in [6, 6.07) is 0. The topological polar surface area (TPSA) is 102 Å². The van der Waals surface area contributed by atoms with Gasteiger partial charge < -0.3 is 14.5 Å². The molecule has 0 bridgehead atoms. The second-order valence-electron chi connectivity index (χ2n) is 6.81. The Bertz CT molecular complexity index is 653. The van der Waals surface area contributed by atoms with Crippen LogP contribution in [0, 0.1) is 16.0 Å². The standard InChI is InChI=1S/C17H25N5O4/c1-26-17(23)13-6-10-21(11-7-13)16-14(22(24)25)15(18-12-19-16)20-8-4-2-3-5-9-20/h12-13H,2-11H2,1H3. The Kier molecular flexibility index (Phi) is 5.85. The van der Waals surface area contributed by atoms with Crippen LogP contribution in [-0.4, -0.2) is 54.1 Å². The molecule has 3 rings (SSSR count). The van der Waals surface area contributed by atoms with Gasteiger partial charge in [0.15, 0.2) is 0 Å². The number of ether oxygens (including phenoxy) is 1. The van der Waals surface area contributed by atoms with Crippen molar-refractivity contribution < 1.29 is 14.5 Å². The first-order chi connectivity index (χ1) is 12.6. The fourth-order valence-corrected chi connectivity index (χ4v) is 3.76. The lowest BCUT2D eigenvalue weighted by molar-refractivity contribution is -0.383. The number of carbonyl (C=O) groups is 1. The van der Waals surface area contributed by atoms with Gasteiger partial charge in [0.05, 0.1) is 18.0 Å². The first-order valence-corrected chi connectivity index (χ1v) is 9.19. The van der Waals surface area contributed by atoms with Crippen molar-refractivity contribution in [2.24, 2.45) is 5.92 Å². The van der Waals surface area contributed by atoms with Gasteiger partial charge >= 0.3 is 11.7 Å². The largest absolute Gasteiger partial charge is 0.469 e. The van der Waals surface area contributed by atoms with Crippen LogP contribution < -0.4 is 9.80 Å². The number of nitro groups is 1. The van der Waals surface area contributed by atoms with Gasteiger partial charge in [0.25, 0.3) is 0 Å². The molecule has 9 nitrogen and oxygen atoms in total. The number of nitrogens with zero attached hydrogens (tertiary/aromatic N) is 5. The third-order valence-corrected chi connectivity index (χ3v) is 5.20. The van der Waals surface area contributed by atoms with Crippen molar-refractivity contribution in [3.8, 4) is 0 Å². The van der Waals surface area contributed by atoms with Gasteiger partial charge in [-0.15, -0.1) is 0 Å². The van der Waals surface area contributed by atoms with E-state index in [1.165, 1.54) is 13.4 Å². The average molecular weight is 363 g/mol. The second-order valence-corrected chi connectivity index (χ2v) is 6.81. The Hall–Kier alpha value is -2.45. The van der Waals surface area contributed by atoms with E-state index in [4.69, 9.17) is 4.74 Å². The van der Waals surface area contributed by atoms with Crippen LogP contribution in [0.25, 0.3) is 0 Å². The highest BCUT2D eigenvalue weighted by molar-refractivity contribution is 5.74. The number of anilines is 2. The predicted molar refractivity (Wildman–Crippen MR) is 96.3 cm³/mol. The molecule has 2 aliphatic rings. The smallest absolute Gasteiger partial charge is 0.353 e. The number of aromatic nitrogens is 2. The molecule has 0 N–H and O–H groups in total. The molecule has 3 heterocycles. The lowest BCUT2D eigenvalue weighted by Gasteiger charge is -2.31. The highest BCUT2D eigenvalue weighted by atomic mass is 16.6. The van der Waals surface area contributed by atoms with Crippen molar-refractivity contribution in [2.75, 3.05) is 43.1 Å². The predicted octanol–water partition coefficient (Wildman–Crippen LogP) is 2.15. The molecular weight excluding hydrogens is 338 g/mol. The van der Waals surface area contributed by atoms with E-state index in [1.807, 2.05) is 9.80 Å². The molecule has 0 radical (unpaired) electrons. The van der Waals surface area contributed by atoms with Crippen molar-refractivity contribution in [1.29, 1.82) is 0 Å². The van der Waals surface area contributed by atoms with Crippen molar-refractivity contribution in [1.82, 2.24) is 9.97 Å². The summed E-state index contributed by atoms with van der Waals surface area (Å²) in [7, 11) is 1.39. The number of methoxy groups -OCH3 is 1. The minimum Gasteiger partial charge on any atom is -0.469 e. The van der Waals surface area contributed by atoms with Crippen LogP contribution in [0.15, 0.2) is 6.33 Å². The molecule has 1 aromatic rings. The lowest BCUT2D eigenvalue weighted by Crippen LogP contribution is -2.38. The highest BCUT2D eigenvalue weighted by Crippen LogP contribution is 2.36. The minimum atomic E-state index is -0.373. The first kappa shape index (κ1) is 18.3. The average Bonchev–Trinajstić information content (AvgIpc) is 2.96. The second kappa shape index (κ2) is 8.29. The summed E-state index contributed by atoms with van der Waals surface area (Å²) < 4.78 is 4.80. The van der Waals surface area contributed by atoms with Gasteiger partial charge in [-0.3, -0.25) is 14.9 Å². The maximum absolute atomic E-state index is 11.8. The van der Waals surface area contributed by atoms with Crippen LogP contribution in [0.4, 0.5) is 17.3 Å². The van der Waals surface area contributed by atoms with E-state index in [2.05, 4.69) is 9.97 Å². The van der Waals surface area contributed by atoms with E-state index in [0.29, 0.717) is 37.6 Å². The molecule has 0 amide bonds. The monoisotopic (exact) mass is 363 g/mol. The molecule has 0 aliphatic carbocycles. The van der Waals surface area contributed by atoms with E-state index in [0.717, 1.165) is 38.8 Å². The summed E-state index contributed by atoms with van der Waals surface area (Å²) in [6.07, 6.45) is 6.93. The zero-order valence-corrected chi connectivity index (χ0v) is 15.1. The molecule has 0 aromatic carbocycles. The van der Waals surface area contributed by atoms with Gasteiger partial charge in [-0.05, 0) is 25.7 Å². The van der Waals surface area contributed by atoms with Gasteiger partial charge in [0, 0.05) is 26.2 Å². The van der Waals surface area contributed by atoms with E-state index in [1.54, 1.807) is 0 Å².